The van der Waals surface area contributed by atoms with E-state index in [0.717, 1.165) is 37.6 Å². The fraction of sp³-hybridized carbons (Fsp3) is 0.545. The van der Waals surface area contributed by atoms with Gasteiger partial charge in [0.1, 0.15) is 0 Å². The Labute approximate surface area is 90.5 Å². The van der Waals surface area contributed by atoms with Gasteiger partial charge >= 0.3 is 0 Å². The minimum absolute atomic E-state index is 0.863. The molecule has 4 nitrogen and oxygen atoms in total. The van der Waals surface area contributed by atoms with Gasteiger partial charge in [-0.25, -0.2) is 0 Å². The van der Waals surface area contributed by atoms with Crippen molar-refractivity contribution in [1.82, 2.24) is 9.88 Å². The summed E-state index contributed by atoms with van der Waals surface area (Å²) in [6.45, 7) is 4.31. The average Bonchev–Trinajstić information content (AvgIpc) is 2.30. The third-order valence-corrected chi connectivity index (χ3v) is 2.83. The van der Waals surface area contributed by atoms with Crippen LogP contribution >= 0.6 is 0 Å². The SMILES string of the molecule is COc1cnccc1N1CCN(C)CC1. The number of rotatable bonds is 2. The quantitative estimate of drug-likeness (QED) is 0.718. The number of anilines is 1. The van der Waals surface area contributed by atoms with Crippen molar-refractivity contribution >= 4 is 5.69 Å². The average molecular weight is 207 g/mol. The molecule has 0 spiro atoms. The lowest BCUT2D eigenvalue weighted by Crippen LogP contribution is -2.44. The van der Waals surface area contributed by atoms with Crippen LogP contribution in [0.15, 0.2) is 18.5 Å². The van der Waals surface area contributed by atoms with Gasteiger partial charge in [-0.2, -0.15) is 0 Å². The number of methoxy groups -OCH3 is 1. The molecular weight excluding hydrogens is 190 g/mol. The highest BCUT2D eigenvalue weighted by Crippen LogP contribution is 2.26. The molecule has 4 heteroatoms. The van der Waals surface area contributed by atoms with E-state index in [2.05, 4.69) is 21.8 Å². The van der Waals surface area contributed by atoms with Crippen LogP contribution in [0.3, 0.4) is 0 Å². The van der Waals surface area contributed by atoms with E-state index in [4.69, 9.17) is 4.74 Å². The number of hydrogen-bond acceptors (Lipinski definition) is 4. The van der Waals surface area contributed by atoms with Gasteiger partial charge in [0.05, 0.1) is 19.0 Å². The third kappa shape index (κ3) is 2.21. The van der Waals surface area contributed by atoms with Crippen LogP contribution in [0.2, 0.25) is 0 Å². The molecular formula is C11H17N3O. The van der Waals surface area contributed by atoms with E-state index in [9.17, 15) is 0 Å². The number of pyridine rings is 1. The van der Waals surface area contributed by atoms with Crippen LogP contribution in [0.1, 0.15) is 0 Å². The van der Waals surface area contributed by atoms with Crippen LogP contribution < -0.4 is 9.64 Å². The summed E-state index contributed by atoms with van der Waals surface area (Å²) in [4.78, 5) is 8.75. The maximum absolute atomic E-state index is 5.31. The summed E-state index contributed by atoms with van der Waals surface area (Å²) in [5.74, 6) is 0.863. The van der Waals surface area contributed by atoms with E-state index in [0.29, 0.717) is 0 Å². The Hall–Kier alpha value is -1.29. The summed E-state index contributed by atoms with van der Waals surface area (Å²) in [6.07, 6.45) is 3.59. The minimum Gasteiger partial charge on any atom is -0.493 e. The third-order valence-electron chi connectivity index (χ3n) is 2.83. The smallest absolute Gasteiger partial charge is 0.160 e. The van der Waals surface area contributed by atoms with Crippen LogP contribution in [-0.4, -0.2) is 50.2 Å². The lowest BCUT2D eigenvalue weighted by atomic mass is 10.2. The summed E-state index contributed by atoms with van der Waals surface area (Å²) in [5.41, 5.74) is 1.15. The van der Waals surface area contributed by atoms with E-state index in [1.54, 1.807) is 13.3 Å². The van der Waals surface area contributed by atoms with E-state index in [1.807, 2.05) is 12.3 Å². The van der Waals surface area contributed by atoms with Crippen LogP contribution in [0.4, 0.5) is 5.69 Å². The molecule has 0 atom stereocenters. The Bertz CT molecular complexity index is 321. The molecule has 82 valence electrons. The molecule has 0 aliphatic carbocycles. The molecule has 0 bridgehead atoms. The lowest BCUT2D eigenvalue weighted by molar-refractivity contribution is 0.311. The van der Waals surface area contributed by atoms with E-state index in [1.165, 1.54) is 0 Å². The second-order valence-electron chi connectivity index (χ2n) is 3.84. The van der Waals surface area contributed by atoms with E-state index in [-0.39, 0.29) is 0 Å². The van der Waals surface area contributed by atoms with E-state index >= 15 is 0 Å². The summed E-state index contributed by atoms with van der Waals surface area (Å²) < 4.78 is 5.31. The monoisotopic (exact) mass is 207 g/mol. The number of ether oxygens (including phenoxy) is 1. The molecule has 0 radical (unpaired) electrons. The Kier molecular flexibility index (Phi) is 3.06. The maximum atomic E-state index is 5.31. The predicted octanol–water partition coefficient (Wildman–Crippen LogP) is 0.842. The molecule has 1 saturated heterocycles. The van der Waals surface area contributed by atoms with Gasteiger partial charge in [-0.05, 0) is 13.1 Å². The Morgan fingerprint density at radius 3 is 2.67 bits per heavy atom. The van der Waals surface area contributed by atoms with Gasteiger partial charge in [0.25, 0.3) is 0 Å². The largest absolute Gasteiger partial charge is 0.493 e. The standard InChI is InChI=1S/C11H17N3O/c1-13-5-7-14(8-6-13)10-3-4-12-9-11(10)15-2/h3-4,9H,5-8H2,1-2H3. The molecule has 1 fully saturated rings. The Morgan fingerprint density at radius 2 is 2.00 bits per heavy atom. The summed E-state index contributed by atoms with van der Waals surface area (Å²) in [7, 11) is 3.84. The topological polar surface area (TPSA) is 28.6 Å². The molecule has 0 saturated carbocycles. The van der Waals surface area contributed by atoms with Crippen molar-refractivity contribution in [2.24, 2.45) is 0 Å². The second kappa shape index (κ2) is 4.49. The zero-order chi connectivity index (χ0) is 10.7. The molecule has 1 aromatic heterocycles. The van der Waals surface area contributed by atoms with Gasteiger partial charge in [0.2, 0.25) is 0 Å². The van der Waals surface area contributed by atoms with Crippen molar-refractivity contribution in [2.45, 2.75) is 0 Å². The zero-order valence-electron chi connectivity index (χ0n) is 9.31. The molecule has 1 aromatic rings. The first-order chi connectivity index (χ1) is 7.31. The fourth-order valence-corrected chi connectivity index (χ4v) is 1.84. The Morgan fingerprint density at radius 1 is 1.27 bits per heavy atom. The van der Waals surface area contributed by atoms with Crippen molar-refractivity contribution in [1.29, 1.82) is 0 Å². The van der Waals surface area contributed by atoms with Gasteiger partial charge in [0.15, 0.2) is 5.75 Å². The molecule has 2 heterocycles. The van der Waals surface area contributed by atoms with Gasteiger partial charge in [-0.15, -0.1) is 0 Å². The molecule has 15 heavy (non-hydrogen) atoms. The minimum atomic E-state index is 0.863. The van der Waals surface area contributed by atoms with Crippen molar-refractivity contribution in [2.75, 3.05) is 45.2 Å². The van der Waals surface area contributed by atoms with Crippen LogP contribution in [0, 0.1) is 0 Å². The first kappa shape index (κ1) is 10.2. The summed E-state index contributed by atoms with van der Waals surface area (Å²) in [6, 6.07) is 2.02. The van der Waals surface area contributed by atoms with Crippen molar-refractivity contribution in [3.8, 4) is 5.75 Å². The normalized spacial score (nSPS) is 17.9. The number of piperazine rings is 1. The summed E-state index contributed by atoms with van der Waals surface area (Å²) >= 11 is 0. The number of aromatic nitrogens is 1. The lowest BCUT2D eigenvalue weighted by Gasteiger charge is -2.34. The highest BCUT2D eigenvalue weighted by atomic mass is 16.5. The molecule has 2 rings (SSSR count). The van der Waals surface area contributed by atoms with Crippen molar-refractivity contribution < 1.29 is 4.74 Å². The van der Waals surface area contributed by atoms with Gasteiger partial charge in [-0.1, -0.05) is 0 Å². The van der Waals surface area contributed by atoms with Crippen molar-refractivity contribution in [3.05, 3.63) is 18.5 Å². The first-order valence-electron chi connectivity index (χ1n) is 5.23. The zero-order valence-corrected chi connectivity index (χ0v) is 9.31. The number of likely N-dealkylation sites (N-methyl/N-ethyl adjacent to an activating group) is 1. The highest BCUT2D eigenvalue weighted by molar-refractivity contribution is 5.57. The van der Waals surface area contributed by atoms with Crippen molar-refractivity contribution in [3.63, 3.8) is 0 Å². The summed E-state index contributed by atoms with van der Waals surface area (Å²) in [5, 5.41) is 0. The van der Waals surface area contributed by atoms with Crippen LogP contribution in [0.5, 0.6) is 5.75 Å². The molecule has 0 aromatic carbocycles. The first-order valence-corrected chi connectivity index (χ1v) is 5.23. The van der Waals surface area contributed by atoms with Gasteiger partial charge in [0, 0.05) is 32.4 Å². The van der Waals surface area contributed by atoms with Crippen LogP contribution in [-0.2, 0) is 0 Å². The highest BCUT2D eigenvalue weighted by Gasteiger charge is 2.16. The van der Waals surface area contributed by atoms with Crippen LogP contribution in [0.25, 0.3) is 0 Å². The second-order valence-corrected chi connectivity index (χ2v) is 3.84. The molecule has 0 N–H and O–H groups in total. The number of hydrogen-bond donors (Lipinski definition) is 0. The maximum Gasteiger partial charge on any atom is 0.160 e. The predicted molar refractivity (Wildman–Crippen MR) is 60.5 cm³/mol. The van der Waals surface area contributed by atoms with E-state index < -0.39 is 0 Å². The number of nitrogens with zero attached hydrogens (tertiary/aromatic N) is 3. The molecule has 1 aliphatic heterocycles. The fourth-order valence-electron chi connectivity index (χ4n) is 1.84. The molecule has 1 aliphatic rings. The molecule has 0 amide bonds. The van der Waals surface area contributed by atoms with Gasteiger partial charge in [-0.3, -0.25) is 4.98 Å². The van der Waals surface area contributed by atoms with Gasteiger partial charge < -0.3 is 14.5 Å². The Balaban J connectivity index is 2.15. The molecule has 0 unspecified atom stereocenters.